The molecule has 2 fully saturated rings. The molecule has 0 spiro atoms. The summed E-state index contributed by atoms with van der Waals surface area (Å²) in [6.07, 6.45) is 2.36. The van der Waals surface area contributed by atoms with Gasteiger partial charge < -0.3 is 9.64 Å². The first-order valence-corrected chi connectivity index (χ1v) is 4.65. The second-order valence-electron chi connectivity index (χ2n) is 3.78. The number of morpholine rings is 1. The van der Waals surface area contributed by atoms with Crippen molar-refractivity contribution in [1.29, 1.82) is 0 Å². The smallest absolute Gasteiger partial charge is 0.129 e. The highest BCUT2D eigenvalue weighted by Gasteiger charge is 2.47. The Labute approximate surface area is 77.3 Å². The number of hydrogen-bond donors (Lipinski definition) is 0. The van der Waals surface area contributed by atoms with E-state index in [4.69, 9.17) is 4.74 Å². The van der Waals surface area contributed by atoms with Crippen molar-refractivity contribution in [2.45, 2.75) is 19.1 Å². The standard InChI is InChI=1S/C10H12N2O/c1-7-2-3-11-10(4-7)12-5-9-8(12)6-13-9/h2-4,8-9H,5-6H2,1H3/t8?,9-/m0/s1. The lowest BCUT2D eigenvalue weighted by Crippen LogP contribution is -2.71. The average molecular weight is 176 g/mol. The number of nitrogens with zero attached hydrogens (tertiary/aromatic N) is 2. The normalized spacial score (nSPS) is 30.4. The van der Waals surface area contributed by atoms with Gasteiger partial charge in [0.05, 0.1) is 18.8 Å². The highest BCUT2D eigenvalue weighted by atomic mass is 16.5. The SMILES string of the molecule is Cc1ccnc(N2C[C@@H]3OCC32)c1. The lowest BCUT2D eigenvalue weighted by Gasteiger charge is -2.55. The van der Waals surface area contributed by atoms with Crippen molar-refractivity contribution in [2.75, 3.05) is 18.1 Å². The van der Waals surface area contributed by atoms with E-state index in [0.29, 0.717) is 12.1 Å². The van der Waals surface area contributed by atoms with Crippen molar-refractivity contribution in [1.82, 2.24) is 4.98 Å². The van der Waals surface area contributed by atoms with E-state index in [1.165, 1.54) is 5.56 Å². The summed E-state index contributed by atoms with van der Waals surface area (Å²) in [5, 5.41) is 0. The fourth-order valence-electron chi connectivity index (χ4n) is 1.92. The number of anilines is 1. The van der Waals surface area contributed by atoms with Crippen LogP contribution in [0.25, 0.3) is 0 Å². The molecule has 1 aromatic heterocycles. The summed E-state index contributed by atoms with van der Waals surface area (Å²) >= 11 is 0. The van der Waals surface area contributed by atoms with Crippen LogP contribution in [0.1, 0.15) is 5.56 Å². The van der Waals surface area contributed by atoms with E-state index in [1.54, 1.807) is 0 Å². The molecular formula is C10H12N2O. The van der Waals surface area contributed by atoms with Gasteiger partial charge in [-0.25, -0.2) is 4.98 Å². The molecule has 2 aliphatic rings. The molecular weight excluding hydrogens is 164 g/mol. The van der Waals surface area contributed by atoms with Crippen LogP contribution in [-0.4, -0.2) is 30.3 Å². The number of aryl methyl sites for hydroxylation is 1. The fourth-order valence-corrected chi connectivity index (χ4v) is 1.92. The molecule has 1 unspecified atom stereocenters. The molecule has 1 aromatic rings. The highest BCUT2D eigenvalue weighted by molar-refractivity contribution is 5.47. The van der Waals surface area contributed by atoms with Crippen LogP contribution in [0.3, 0.4) is 0 Å². The lowest BCUT2D eigenvalue weighted by atomic mass is 9.95. The number of fused-ring (bicyclic) bond motifs is 1. The van der Waals surface area contributed by atoms with E-state index in [0.717, 1.165) is 19.0 Å². The Hall–Kier alpha value is -1.09. The molecule has 0 bridgehead atoms. The van der Waals surface area contributed by atoms with Crippen LogP contribution in [0.4, 0.5) is 5.82 Å². The average Bonchev–Trinajstić information content (AvgIpc) is 2.10. The monoisotopic (exact) mass is 176 g/mol. The van der Waals surface area contributed by atoms with Gasteiger partial charge in [0.1, 0.15) is 5.82 Å². The van der Waals surface area contributed by atoms with Crippen LogP contribution in [-0.2, 0) is 4.74 Å². The fraction of sp³-hybridized carbons (Fsp3) is 0.500. The van der Waals surface area contributed by atoms with E-state index >= 15 is 0 Å². The molecule has 0 N–H and O–H groups in total. The van der Waals surface area contributed by atoms with Gasteiger partial charge in [-0.05, 0) is 24.6 Å². The number of pyridine rings is 1. The molecule has 3 heterocycles. The van der Waals surface area contributed by atoms with Crippen LogP contribution in [0, 0.1) is 6.92 Å². The molecule has 68 valence electrons. The maximum absolute atomic E-state index is 5.34. The van der Waals surface area contributed by atoms with Gasteiger partial charge in [0, 0.05) is 12.7 Å². The van der Waals surface area contributed by atoms with Crippen LogP contribution in [0.2, 0.25) is 0 Å². The molecule has 13 heavy (non-hydrogen) atoms. The quantitative estimate of drug-likeness (QED) is 0.637. The lowest BCUT2D eigenvalue weighted by molar-refractivity contribution is -0.113. The first kappa shape index (κ1) is 7.33. The van der Waals surface area contributed by atoms with Crippen LogP contribution in [0.15, 0.2) is 18.3 Å². The van der Waals surface area contributed by atoms with Gasteiger partial charge in [-0.1, -0.05) is 0 Å². The summed E-state index contributed by atoms with van der Waals surface area (Å²) in [6, 6.07) is 4.77. The third-order valence-electron chi connectivity index (χ3n) is 2.88. The summed E-state index contributed by atoms with van der Waals surface area (Å²) in [4.78, 5) is 6.67. The van der Waals surface area contributed by atoms with E-state index < -0.39 is 0 Å². The Morgan fingerprint density at radius 2 is 2.54 bits per heavy atom. The number of aromatic nitrogens is 1. The number of ether oxygens (including phenoxy) is 1. The molecule has 3 nitrogen and oxygen atoms in total. The zero-order valence-electron chi connectivity index (χ0n) is 7.60. The summed E-state index contributed by atoms with van der Waals surface area (Å²) in [5.41, 5.74) is 1.27. The van der Waals surface area contributed by atoms with Gasteiger partial charge in [-0.2, -0.15) is 0 Å². The van der Waals surface area contributed by atoms with Gasteiger partial charge >= 0.3 is 0 Å². The van der Waals surface area contributed by atoms with Gasteiger partial charge in [-0.3, -0.25) is 0 Å². The molecule has 0 aromatic carbocycles. The molecule has 2 aliphatic heterocycles. The third-order valence-corrected chi connectivity index (χ3v) is 2.88. The van der Waals surface area contributed by atoms with Gasteiger partial charge in [0.15, 0.2) is 0 Å². The third kappa shape index (κ3) is 0.968. The summed E-state index contributed by atoms with van der Waals surface area (Å²) in [6.45, 7) is 3.99. The van der Waals surface area contributed by atoms with Crippen LogP contribution >= 0.6 is 0 Å². The van der Waals surface area contributed by atoms with E-state index in [9.17, 15) is 0 Å². The minimum absolute atomic E-state index is 0.488. The molecule has 0 amide bonds. The maximum Gasteiger partial charge on any atom is 0.129 e. The Kier molecular flexibility index (Phi) is 1.38. The van der Waals surface area contributed by atoms with Crippen molar-refractivity contribution in [2.24, 2.45) is 0 Å². The first-order chi connectivity index (χ1) is 6.34. The molecule has 3 rings (SSSR count). The van der Waals surface area contributed by atoms with E-state index in [1.807, 2.05) is 12.3 Å². The Morgan fingerprint density at radius 1 is 1.62 bits per heavy atom. The largest absolute Gasteiger partial charge is 0.372 e. The molecule has 2 atom stereocenters. The molecule has 2 saturated heterocycles. The van der Waals surface area contributed by atoms with E-state index in [-0.39, 0.29) is 0 Å². The van der Waals surface area contributed by atoms with Crippen molar-refractivity contribution in [3.63, 3.8) is 0 Å². The van der Waals surface area contributed by atoms with Crippen molar-refractivity contribution in [3.8, 4) is 0 Å². The zero-order valence-corrected chi connectivity index (χ0v) is 7.60. The minimum Gasteiger partial charge on any atom is -0.372 e. The molecule has 0 saturated carbocycles. The summed E-state index contributed by atoms with van der Waals surface area (Å²) in [7, 11) is 0. The predicted octanol–water partition coefficient (Wildman–Crippen LogP) is 0.977. The number of rotatable bonds is 1. The van der Waals surface area contributed by atoms with E-state index in [2.05, 4.69) is 22.9 Å². The summed E-state index contributed by atoms with van der Waals surface area (Å²) < 4.78 is 5.34. The second-order valence-corrected chi connectivity index (χ2v) is 3.78. The number of hydrogen-bond acceptors (Lipinski definition) is 3. The van der Waals surface area contributed by atoms with Crippen molar-refractivity contribution >= 4 is 5.82 Å². The van der Waals surface area contributed by atoms with Gasteiger partial charge in [-0.15, -0.1) is 0 Å². The van der Waals surface area contributed by atoms with Crippen LogP contribution in [0.5, 0.6) is 0 Å². The van der Waals surface area contributed by atoms with Crippen LogP contribution < -0.4 is 4.90 Å². The zero-order chi connectivity index (χ0) is 8.84. The van der Waals surface area contributed by atoms with Gasteiger partial charge in [0.25, 0.3) is 0 Å². The van der Waals surface area contributed by atoms with Crippen molar-refractivity contribution in [3.05, 3.63) is 23.9 Å². The Balaban J connectivity index is 1.85. The molecule has 3 heteroatoms. The van der Waals surface area contributed by atoms with Gasteiger partial charge in [0.2, 0.25) is 0 Å². The second kappa shape index (κ2) is 2.45. The maximum atomic E-state index is 5.34. The van der Waals surface area contributed by atoms with Crippen molar-refractivity contribution < 1.29 is 4.74 Å². The molecule has 0 radical (unpaired) electrons. The summed E-state index contributed by atoms with van der Waals surface area (Å²) in [5.74, 6) is 1.10. The molecule has 0 aliphatic carbocycles. The predicted molar refractivity (Wildman–Crippen MR) is 49.8 cm³/mol. The topological polar surface area (TPSA) is 25.4 Å². The Bertz CT molecular complexity index is 339. The minimum atomic E-state index is 0.488. The highest BCUT2D eigenvalue weighted by Crippen LogP contribution is 2.33. The first-order valence-electron chi connectivity index (χ1n) is 4.65. The Morgan fingerprint density at radius 3 is 3.08 bits per heavy atom.